The minimum atomic E-state index is -4.64. The van der Waals surface area contributed by atoms with Crippen LogP contribution in [0.2, 0.25) is 0 Å². The average Bonchev–Trinajstić information content (AvgIpc) is 3.60. The molecule has 48 heavy (non-hydrogen) atoms. The first kappa shape index (κ1) is 35.5. The van der Waals surface area contributed by atoms with Crippen molar-refractivity contribution in [1.29, 1.82) is 0 Å². The molecule has 0 radical (unpaired) electrons. The third kappa shape index (κ3) is 8.06. The number of hydrogen-bond acceptors (Lipinski definition) is 5. The number of anilines is 1. The van der Waals surface area contributed by atoms with Crippen LogP contribution in [-0.4, -0.2) is 67.9 Å². The minimum absolute atomic E-state index is 0.0316. The van der Waals surface area contributed by atoms with E-state index in [1.165, 1.54) is 4.90 Å². The highest BCUT2D eigenvalue weighted by Gasteiger charge is 2.44. The molecule has 2 atom stereocenters. The van der Waals surface area contributed by atoms with Crippen LogP contribution in [0.15, 0.2) is 97.7 Å². The Morgan fingerprint density at radius 2 is 1.92 bits per heavy atom. The Labute approximate surface area is 280 Å². The van der Waals surface area contributed by atoms with Crippen LogP contribution >= 0.6 is 0 Å². The topological polar surface area (TPSA) is 62.0 Å². The molecule has 6 nitrogen and oxygen atoms in total. The second-order valence-electron chi connectivity index (χ2n) is 13.0. The molecule has 3 heterocycles. The zero-order chi connectivity index (χ0) is 34.5. The van der Waals surface area contributed by atoms with E-state index >= 15 is 0 Å². The number of likely N-dealkylation sites (tertiary alicyclic amines) is 1. The molecule has 2 saturated heterocycles. The van der Waals surface area contributed by atoms with Crippen molar-refractivity contribution in [2.45, 2.75) is 56.2 Å². The number of hydrogen-bond donors (Lipinski definition) is 1. The number of benzene rings is 2. The Kier molecular flexibility index (Phi) is 11.2. The van der Waals surface area contributed by atoms with E-state index in [-0.39, 0.29) is 42.2 Å². The Hall–Kier alpha value is -3.83. The van der Waals surface area contributed by atoms with Crippen molar-refractivity contribution in [2.24, 2.45) is 5.73 Å². The largest absolute Gasteiger partial charge is 0.416 e. The van der Waals surface area contributed by atoms with Crippen molar-refractivity contribution in [2.75, 3.05) is 44.9 Å². The molecule has 2 fully saturated rings. The molecule has 1 unspecified atom stereocenters. The highest BCUT2D eigenvalue weighted by Crippen LogP contribution is 2.43. The summed E-state index contributed by atoms with van der Waals surface area (Å²) in [7, 11) is 1.97. The lowest BCUT2D eigenvalue weighted by Crippen LogP contribution is -2.52. The van der Waals surface area contributed by atoms with Gasteiger partial charge in [0.25, 0.3) is 5.91 Å². The summed E-state index contributed by atoms with van der Waals surface area (Å²) in [5.74, 6) is -0.476. The Bertz CT molecular complexity index is 1590. The molecule has 3 aliphatic heterocycles. The molecule has 5 rings (SSSR count). The molecule has 0 aliphatic carbocycles. The van der Waals surface area contributed by atoms with Gasteiger partial charge in [-0.25, -0.2) is 4.39 Å². The second-order valence-corrected chi connectivity index (χ2v) is 13.0. The van der Waals surface area contributed by atoms with Gasteiger partial charge in [0.1, 0.15) is 6.17 Å². The lowest BCUT2D eigenvalue weighted by Gasteiger charge is -2.46. The highest BCUT2D eigenvalue weighted by atomic mass is 19.4. The van der Waals surface area contributed by atoms with Gasteiger partial charge in [0, 0.05) is 49.0 Å². The number of amides is 1. The first-order valence-corrected chi connectivity index (χ1v) is 16.2. The van der Waals surface area contributed by atoms with Crippen LogP contribution in [0.25, 0.3) is 0 Å². The van der Waals surface area contributed by atoms with Gasteiger partial charge < -0.3 is 15.4 Å². The van der Waals surface area contributed by atoms with E-state index in [0.29, 0.717) is 56.9 Å². The minimum Gasteiger partial charge on any atom is -0.379 e. The quantitative estimate of drug-likeness (QED) is 0.133. The number of carbonyl (C=O) groups is 1. The summed E-state index contributed by atoms with van der Waals surface area (Å²) in [6.07, 6.45) is 9.28. The Balaban J connectivity index is 1.37. The van der Waals surface area contributed by atoms with Gasteiger partial charge in [0.05, 0.1) is 25.3 Å². The molecule has 0 bridgehead atoms. The molecule has 2 N–H and O–H groups in total. The highest BCUT2D eigenvalue weighted by molar-refractivity contribution is 6.10. The van der Waals surface area contributed by atoms with Crippen molar-refractivity contribution < 1.29 is 27.1 Å². The Morgan fingerprint density at radius 3 is 2.56 bits per heavy atom. The van der Waals surface area contributed by atoms with Crippen LogP contribution in [0.4, 0.5) is 23.2 Å². The van der Waals surface area contributed by atoms with Gasteiger partial charge in [-0.1, -0.05) is 73.4 Å². The summed E-state index contributed by atoms with van der Waals surface area (Å²) < 4.78 is 62.5. The van der Waals surface area contributed by atoms with Crippen molar-refractivity contribution in [3.05, 3.63) is 125 Å². The molecular formula is C38H44F4N4O2. The summed E-state index contributed by atoms with van der Waals surface area (Å²) in [5.41, 5.74) is 7.70. The maximum Gasteiger partial charge on any atom is 0.416 e. The van der Waals surface area contributed by atoms with Gasteiger partial charge in [0.2, 0.25) is 0 Å². The van der Waals surface area contributed by atoms with E-state index in [2.05, 4.69) is 18.1 Å². The number of ether oxygens (including phenoxy) is 1. The number of nitrogens with zero attached hydrogens (tertiary/aromatic N) is 3. The van der Waals surface area contributed by atoms with Gasteiger partial charge in [-0.2, -0.15) is 13.2 Å². The number of carbonyl (C=O) groups excluding carboxylic acids is 1. The predicted molar refractivity (Wildman–Crippen MR) is 182 cm³/mol. The second kappa shape index (κ2) is 15.2. The smallest absolute Gasteiger partial charge is 0.379 e. The van der Waals surface area contributed by atoms with E-state index in [9.17, 15) is 22.4 Å². The maximum atomic E-state index is 14.3. The SMILES string of the molecule is C=C\C=C/C=C\C=C/C(=C)CC(CC1(c2cccc(N3Cc4c(cc(CN5CC[C@@H](F)C5)cc4C(F)(F)F)C3=O)c2)COC1)N(C)CN. The van der Waals surface area contributed by atoms with Crippen LogP contribution in [-0.2, 0) is 29.4 Å². The number of allylic oxidation sites excluding steroid dienone is 7. The zero-order valence-electron chi connectivity index (χ0n) is 27.4. The molecule has 0 aromatic heterocycles. The molecule has 2 aromatic carbocycles. The van der Waals surface area contributed by atoms with Gasteiger partial charge >= 0.3 is 6.18 Å². The van der Waals surface area contributed by atoms with Crippen LogP contribution in [0.5, 0.6) is 0 Å². The third-order valence-electron chi connectivity index (χ3n) is 9.50. The van der Waals surface area contributed by atoms with Gasteiger partial charge in [-0.05, 0) is 67.3 Å². The Morgan fingerprint density at radius 1 is 1.17 bits per heavy atom. The van der Waals surface area contributed by atoms with E-state index in [1.54, 1.807) is 23.1 Å². The molecule has 10 heteroatoms. The molecule has 0 spiro atoms. The molecule has 3 aliphatic rings. The standard InChI is InChI=1S/C38H44F4N4O2/c1-4-5-6-7-8-9-11-27(2)16-32(44(3)26-43)20-37(24-48-25-37)29-12-10-13-31(19-29)46-23-34-33(36(46)47)17-28(18-35(34)38(40,41)42)21-45-15-14-30(39)22-45/h4-13,17-19,30,32H,1-2,14-16,20-26,43H2,3H3/b6-5-,8-7-,11-9-/t30-,32?/m1/s1. The summed E-state index contributed by atoms with van der Waals surface area (Å²) in [6.45, 7) is 9.81. The molecule has 256 valence electrons. The fourth-order valence-corrected chi connectivity index (χ4v) is 6.78. The van der Waals surface area contributed by atoms with Crippen molar-refractivity contribution in [1.82, 2.24) is 9.80 Å². The van der Waals surface area contributed by atoms with Crippen molar-refractivity contribution in [3.63, 3.8) is 0 Å². The first-order valence-electron chi connectivity index (χ1n) is 16.2. The fraction of sp³-hybridized carbons (Fsp3) is 0.395. The molecule has 2 aromatic rings. The molecular weight excluding hydrogens is 620 g/mol. The average molecular weight is 665 g/mol. The lowest BCUT2D eigenvalue weighted by atomic mass is 9.72. The van der Waals surface area contributed by atoms with Gasteiger partial charge in [-0.3, -0.25) is 14.6 Å². The van der Waals surface area contributed by atoms with E-state index in [4.69, 9.17) is 10.5 Å². The normalized spacial score (nSPS) is 20.4. The van der Waals surface area contributed by atoms with Gasteiger partial charge in [0.15, 0.2) is 0 Å². The monoisotopic (exact) mass is 664 g/mol. The predicted octanol–water partition coefficient (Wildman–Crippen LogP) is 7.09. The number of nitrogens with two attached hydrogens (primary N) is 1. The summed E-state index contributed by atoms with van der Waals surface area (Å²) in [5, 5.41) is 0. The van der Waals surface area contributed by atoms with Crippen LogP contribution < -0.4 is 10.6 Å². The summed E-state index contributed by atoms with van der Waals surface area (Å²) in [6, 6.07) is 10.2. The fourth-order valence-electron chi connectivity index (χ4n) is 6.78. The van der Waals surface area contributed by atoms with Gasteiger partial charge in [-0.15, -0.1) is 0 Å². The van der Waals surface area contributed by atoms with E-state index in [0.717, 1.165) is 17.2 Å². The van der Waals surface area contributed by atoms with E-state index in [1.807, 2.05) is 61.7 Å². The number of halogens is 4. The number of alkyl halides is 4. The van der Waals surface area contributed by atoms with Crippen LogP contribution in [0.3, 0.4) is 0 Å². The third-order valence-corrected chi connectivity index (χ3v) is 9.50. The lowest BCUT2D eigenvalue weighted by molar-refractivity contribution is -0.138. The number of fused-ring (bicyclic) bond motifs is 1. The van der Waals surface area contributed by atoms with E-state index < -0.39 is 23.8 Å². The number of rotatable bonds is 14. The molecule has 1 amide bonds. The summed E-state index contributed by atoms with van der Waals surface area (Å²) in [4.78, 5) is 19.0. The zero-order valence-corrected chi connectivity index (χ0v) is 27.4. The van der Waals surface area contributed by atoms with Crippen LogP contribution in [0, 0.1) is 0 Å². The molecule has 0 saturated carbocycles. The van der Waals surface area contributed by atoms with Crippen molar-refractivity contribution >= 4 is 11.6 Å². The summed E-state index contributed by atoms with van der Waals surface area (Å²) >= 11 is 0. The maximum absolute atomic E-state index is 14.3. The van der Waals surface area contributed by atoms with Crippen molar-refractivity contribution in [3.8, 4) is 0 Å². The van der Waals surface area contributed by atoms with Crippen LogP contribution in [0.1, 0.15) is 51.9 Å². The first-order chi connectivity index (χ1) is 22.9.